The van der Waals surface area contributed by atoms with E-state index in [1.54, 1.807) is 0 Å². The summed E-state index contributed by atoms with van der Waals surface area (Å²) >= 11 is 0. The second-order valence-electron chi connectivity index (χ2n) is 2.41. The van der Waals surface area contributed by atoms with Crippen molar-refractivity contribution in [2.24, 2.45) is 0 Å². The highest BCUT2D eigenvalue weighted by Gasteiger charge is 1.74. The molecule has 0 atom stereocenters. The van der Waals surface area contributed by atoms with Crippen LogP contribution in [0.5, 0.6) is 0 Å². The Morgan fingerprint density at radius 1 is 0.900 bits per heavy atom. The molecule has 0 saturated carbocycles. The number of hydrogen-bond acceptors (Lipinski definition) is 0. The van der Waals surface area contributed by atoms with Crippen molar-refractivity contribution in [2.75, 3.05) is 0 Å². The van der Waals surface area contributed by atoms with E-state index in [-0.39, 0.29) is 0 Å². The van der Waals surface area contributed by atoms with E-state index in [9.17, 15) is 0 Å². The molecule has 0 N–H and O–H groups in total. The zero-order chi connectivity index (χ0) is 7.66. The Hall–Kier alpha value is -0.520. The SMILES string of the molecule is C/C=C\CC/C=C/CCC. The molecule has 0 nitrogen and oxygen atoms in total. The summed E-state index contributed by atoms with van der Waals surface area (Å²) in [5.41, 5.74) is 0. The van der Waals surface area contributed by atoms with Crippen LogP contribution in [-0.2, 0) is 0 Å². The maximum atomic E-state index is 2.27. The van der Waals surface area contributed by atoms with Gasteiger partial charge < -0.3 is 0 Å². The van der Waals surface area contributed by atoms with Gasteiger partial charge in [0.05, 0.1) is 0 Å². The first-order valence-electron chi connectivity index (χ1n) is 4.18. The standard InChI is InChI=1S/C10H18/c1-3-5-7-9-10-8-6-4-2/h3,5,8,10H,4,6-7,9H2,1-2H3/b5-3-,10-8+. The summed E-state index contributed by atoms with van der Waals surface area (Å²) < 4.78 is 0. The molecule has 0 aromatic heterocycles. The molecule has 0 aromatic rings. The Labute approximate surface area is 64.6 Å². The number of allylic oxidation sites excluding steroid dienone is 4. The molecule has 0 saturated heterocycles. The Kier molecular flexibility index (Phi) is 8.04. The van der Waals surface area contributed by atoms with Crippen LogP contribution in [0.3, 0.4) is 0 Å². The van der Waals surface area contributed by atoms with E-state index in [2.05, 4.69) is 38.2 Å². The fraction of sp³-hybridized carbons (Fsp3) is 0.600. The van der Waals surface area contributed by atoms with Crippen LogP contribution < -0.4 is 0 Å². The molecule has 0 fully saturated rings. The Balaban J connectivity index is 3.02. The van der Waals surface area contributed by atoms with E-state index in [4.69, 9.17) is 0 Å². The summed E-state index contributed by atoms with van der Waals surface area (Å²) in [5, 5.41) is 0. The lowest BCUT2D eigenvalue weighted by molar-refractivity contribution is 0.943. The van der Waals surface area contributed by atoms with Gasteiger partial charge in [0.25, 0.3) is 0 Å². The third-order valence-corrected chi connectivity index (χ3v) is 1.36. The molecule has 0 aliphatic heterocycles. The minimum absolute atomic E-state index is 1.19. The zero-order valence-corrected chi connectivity index (χ0v) is 7.14. The van der Waals surface area contributed by atoms with Crippen LogP contribution in [0.25, 0.3) is 0 Å². The molecule has 0 rings (SSSR count). The number of unbranched alkanes of at least 4 members (excludes halogenated alkanes) is 2. The molecule has 0 aliphatic carbocycles. The molecule has 58 valence electrons. The van der Waals surface area contributed by atoms with Crippen molar-refractivity contribution in [3.05, 3.63) is 24.3 Å². The van der Waals surface area contributed by atoms with E-state index >= 15 is 0 Å². The van der Waals surface area contributed by atoms with Crippen LogP contribution in [0.2, 0.25) is 0 Å². The molecule has 0 radical (unpaired) electrons. The van der Waals surface area contributed by atoms with Gasteiger partial charge >= 0.3 is 0 Å². The molecule has 0 heterocycles. The van der Waals surface area contributed by atoms with Gasteiger partial charge in [0, 0.05) is 0 Å². The van der Waals surface area contributed by atoms with Crippen LogP contribution >= 0.6 is 0 Å². The molecular weight excluding hydrogens is 120 g/mol. The van der Waals surface area contributed by atoms with Crippen molar-refractivity contribution in [1.29, 1.82) is 0 Å². The molecule has 0 aliphatic rings. The van der Waals surface area contributed by atoms with Crippen molar-refractivity contribution in [1.82, 2.24) is 0 Å². The van der Waals surface area contributed by atoms with Crippen molar-refractivity contribution in [3.63, 3.8) is 0 Å². The van der Waals surface area contributed by atoms with E-state index in [0.717, 1.165) is 0 Å². The van der Waals surface area contributed by atoms with Gasteiger partial charge in [-0.05, 0) is 26.2 Å². The van der Waals surface area contributed by atoms with Crippen molar-refractivity contribution in [2.45, 2.75) is 39.5 Å². The first kappa shape index (κ1) is 9.48. The van der Waals surface area contributed by atoms with Gasteiger partial charge in [0.1, 0.15) is 0 Å². The average molecular weight is 138 g/mol. The van der Waals surface area contributed by atoms with Gasteiger partial charge in [-0.1, -0.05) is 37.6 Å². The predicted octanol–water partition coefficient (Wildman–Crippen LogP) is 3.70. The van der Waals surface area contributed by atoms with E-state index in [1.807, 2.05) is 0 Å². The Bertz CT molecular complexity index is 98.6. The van der Waals surface area contributed by atoms with Gasteiger partial charge in [0.15, 0.2) is 0 Å². The minimum Gasteiger partial charge on any atom is -0.0917 e. The van der Waals surface area contributed by atoms with Crippen molar-refractivity contribution < 1.29 is 0 Å². The highest BCUT2D eigenvalue weighted by Crippen LogP contribution is 1.95. The molecule has 10 heavy (non-hydrogen) atoms. The van der Waals surface area contributed by atoms with Crippen LogP contribution in [-0.4, -0.2) is 0 Å². The zero-order valence-electron chi connectivity index (χ0n) is 7.14. The second-order valence-corrected chi connectivity index (χ2v) is 2.41. The van der Waals surface area contributed by atoms with Gasteiger partial charge in [-0.3, -0.25) is 0 Å². The van der Waals surface area contributed by atoms with Gasteiger partial charge in [-0.25, -0.2) is 0 Å². The quantitative estimate of drug-likeness (QED) is 0.401. The van der Waals surface area contributed by atoms with Gasteiger partial charge in [-0.15, -0.1) is 0 Å². The topological polar surface area (TPSA) is 0 Å². The summed E-state index contributed by atoms with van der Waals surface area (Å²) in [7, 11) is 0. The minimum atomic E-state index is 1.19. The summed E-state index contributed by atoms with van der Waals surface area (Å²) in [4.78, 5) is 0. The van der Waals surface area contributed by atoms with Crippen LogP contribution in [0.1, 0.15) is 39.5 Å². The highest BCUT2D eigenvalue weighted by molar-refractivity contribution is 4.86. The molecule has 0 bridgehead atoms. The summed E-state index contributed by atoms with van der Waals surface area (Å²) in [6.07, 6.45) is 13.7. The van der Waals surface area contributed by atoms with Crippen molar-refractivity contribution in [3.8, 4) is 0 Å². The second kappa shape index (κ2) is 8.48. The smallest absolute Gasteiger partial charge is 0.0316 e. The average Bonchev–Trinajstić information content (AvgIpc) is 1.97. The highest BCUT2D eigenvalue weighted by atomic mass is 13.8. The third kappa shape index (κ3) is 7.48. The van der Waals surface area contributed by atoms with Crippen LogP contribution in [0, 0.1) is 0 Å². The monoisotopic (exact) mass is 138 g/mol. The molecule has 0 amide bonds. The fourth-order valence-corrected chi connectivity index (χ4v) is 0.761. The summed E-state index contributed by atoms with van der Waals surface area (Å²) in [5.74, 6) is 0. The molecule has 0 unspecified atom stereocenters. The van der Waals surface area contributed by atoms with Gasteiger partial charge in [-0.2, -0.15) is 0 Å². The Morgan fingerprint density at radius 2 is 1.50 bits per heavy atom. The predicted molar refractivity (Wildman–Crippen MR) is 48.1 cm³/mol. The number of hydrogen-bond donors (Lipinski definition) is 0. The van der Waals surface area contributed by atoms with Gasteiger partial charge in [0.2, 0.25) is 0 Å². The normalized spacial score (nSPS) is 11.8. The largest absolute Gasteiger partial charge is 0.0917 e. The van der Waals surface area contributed by atoms with E-state index < -0.39 is 0 Å². The molecule has 0 aromatic carbocycles. The lowest BCUT2D eigenvalue weighted by Gasteiger charge is -1.85. The summed E-state index contributed by atoms with van der Waals surface area (Å²) in [6, 6.07) is 0. The van der Waals surface area contributed by atoms with Crippen LogP contribution in [0.15, 0.2) is 24.3 Å². The Morgan fingerprint density at radius 3 is 2.10 bits per heavy atom. The fourth-order valence-electron chi connectivity index (χ4n) is 0.761. The molecular formula is C10H18. The van der Waals surface area contributed by atoms with Crippen molar-refractivity contribution >= 4 is 0 Å². The van der Waals surface area contributed by atoms with E-state index in [1.165, 1.54) is 25.7 Å². The van der Waals surface area contributed by atoms with Crippen LogP contribution in [0.4, 0.5) is 0 Å². The molecule has 0 heteroatoms. The molecule has 0 spiro atoms. The maximum Gasteiger partial charge on any atom is -0.0316 e. The summed E-state index contributed by atoms with van der Waals surface area (Å²) in [6.45, 7) is 4.27. The third-order valence-electron chi connectivity index (χ3n) is 1.36. The first-order valence-corrected chi connectivity index (χ1v) is 4.18. The lowest BCUT2D eigenvalue weighted by Crippen LogP contribution is -1.65. The lowest BCUT2D eigenvalue weighted by atomic mass is 10.2. The first-order chi connectivity index (χ1) is 4.91. The maximum absolute atomic E-state index is 2.27. The number of rotatable bonds is 5. The van der Waals surface area contributed by atoms with E-state index in [0.29, 0.717) is 0 Å².